The number of nitrogens with one attached hydrogen (secondary N) is 1. The summed E-state index contributed by atoms with van der Waals surface area (Å²) in [5.41, 5.74) is 8.09. The molecule has 0 aromatic heterocycles. The van der Waals surface area contributed by atoms with Crippen molar-refractivity contribution in [1.82, 2.24) is 0 Å². The maximum Gasteiger partial charge on any atom is 0.107 e. The van der Waals surface area contributed by atoms with Gasteiger partial charge in [-0.3, -0.25) is 0 Å². The fraction of sp³-hybridized carbons (Fsp3) is 0.562. The molecular weight excluding hydrogens is 316 g/mol. The number of rotatable bonds is 6. The summed E-state index contributed by atoms with van der Waals surface area (Å²) in [5.74, 6) is 1.03. The Bertz CT molecular complexity index is 482. The van der Waals surface area contributed by atoms with E-state index in [1.54, 1.807) is 11.8 Å². The molecule has 0 spiro atoms. The summed E-state index contributed by atoms with van der Waals surface area (Å²) in [4.78, 5) is 1.68. The summed E-state index contributed by atoms with van der Waals surface area (Å²) < 4.78 is 0. The highest BCUT2D eigenvalue weighted by Crippen LogP contribution is 2.32. The Labute approximate surface area is 142 Å². The van der Waals surface area contributed by atoms with Crippen molar-refractivity contribution in [2.45, 2.75) is 48.8 Å². The van der Waals surface area contributed by atoms with E-state index in [4.69, 9.17) is 18.0 Å². The van der Waals surface area contributed by atoms with Gasteiger partial charge in [-0.2, -0.15) is 11.8 Å². The molecule has 1 saturated carbocycles. The highest BCUT2D eigenvalue weighted by atomic mass is 32.2. The van der Waals surface area contributed by atoms with Crippen LogP contribution in [-0.2, 0) is 0 Å². The highest BCUT2D eigenvalue weighted by molar-refractivity contribution is 7.99. The molecule has 1 aromatic rings. The van der Waals surface area contributed by atoms with Gasteiger partial charge in [-0.1, -0.05) is 25.2 Å². The second-order valence-corrected chi connectivity index (χ2v) is 8.21. The van der Waals surface area contributed by atoms with Gasteiger partial charge in [-0.05, 0) is 49.8 Å². The smallest absolute Gasteiger partial charge is 0.107 e. The summed E-state index contributed by atoms with van der Waals surface area (Å²) in [5, 5.41) is 4.52. The van der Waals surface area contributed by atoms with Crippen LogP contribution in [0.5, 0.6) is 0 Å². The van der Waals surface area contributed by atoms with Gasteiger partial charge in [0.15, 0.2) is 0 Å². The number of hydrogen-bond acceptors (Lipinski definition) is 4. The molecule has 0 bridgehead atoms. The van der Waals surface area contributed by atoms with Crippen LogP contribution >= 0.6 is 35.7 Å². The van der Waals surface area contributed by atoms with Gasteiger partial charge in [0.05, 0.1) is 0 Å². The normalized spacial score (nSPS) is 22.0. The molecule has 0 unspecified atom stereocenters. The molecule has 1 aromatic carbocycles. The van der Waals surface area contributed by atoms with Crippen LogP contribution in [0.15, 0.2) is 23.1 Å². The molecule has 2 nitrogen and oxygen atoms in total. The molecule has 0 radical (unpaired) electrons. The molecule has 0 saturated heterocycles. The third-order valence-corrected chi connectivity index (χ3v) is 6.22. The lowest BCUT2D eigenvalue weighted by molar-refractivity contribution is 0.473. The average Bonchev–Trinajstić information content (AvgIpc) is 2.48. The van der Waals surface area contributed by atoms with Crippen molar-refractivity contribution in [3.8, 4) is 0 Å². The predicted molar refractivity (Wildman–Crippen MR) is 102 cm³/mol. The summed E-state index contributed by atoms with van der Waals surface area (Å²) in [7, 11) is 0. The number of hydrogen-bond donors (Lipinski definition) is 2. The van der Waals surface area contributed by atoms with Crippen LogP contribution in [0.25, 0.3) is 0 Å². The Balaban J connectivity index is 2.12. The summed E-state index contributed by atoms with van der Waals surface area (Å²) >= 11 is 9.08. The molecule has 5 heteroatoms. The van der Waals surface area contributed by atoms with Gasteiger partial charge in [0, 0.05) is 27.4 Å². The molecule has 1 fully saturated rings. The lowest BCUT2D eigenvalue weighted by Crippen LogP contribution is -2.28. The van der Waals surface area contributed by atoms with Crippen molar-refractivity contribution in [2.24, 2.45) is 5.73 Å². The van der Waals surface area contributed by atoms with Crippen LogP contribution in [0.3, 0.4) is 0 Å². The number of anilines is 1. The topological polar surface area (TPSA) is 38.0 Å². The van der Waals surface area contributed by atoms with Crippen LogP contribution in [0, 0.1) is 0 Å². The van der Waals surface area contributed by atoms with Crippen LogP contribution in [0.2, 0.25) is 0 Å². The third kappa shape index (κ3) is 4.54. The first-order valence-corrected chi connectivity index (χ1v) is 10.2. The van der Waals surface area contributed by atoms with Crippen molar-refractivity contribution in [3.05, 3.63) is 23.8 Å². The van der Waals surface area contributed by atoms with Crippen molar-refractivity contribution in [1.29, 1.82) is 0 Å². The zero-order valence-corrected chi connectivity index (χ0v) is 15.2. The van der Waals surface area contributed by atoms with E-state index in [0.29, 0.717) is 11.0 Å². The molecule has 0 atom stereocenters. The predicted octanol–water partition coefficient (Wildman–Crippen LogP) is 4.52. The van der Waals surface area contributed by atoms with E-state index in [-0.39, 0.29) is 0 Å². The second-order valence-electron chi connectivity index (χ2n) is 5.33. The van der Waals surface area contributed by atoms with Crippen molar-refractivity contribution in [3.63, 3.8) is 0 Å². The SMILES string of the molecule is CCSc1cccc(NC2CCC(SC)CC2)c1C(N)=S. The van der Waals surface area contributed by atoms with Crippen LogP contribution in [-0.4, -0.2) is 28.3 Å². The van der Waals surface area contributed by atoms with Gasteiger partial charge >= 0.3 is 0 Å². The van der Waals surface area contributed by atoms with Gasteiger partial charge in [-0.15, -0.1) is 11.8 Å². The number of nitrogens with two attached hydrogens (primary N) is 1. The first-order valence-electron chi connectivity index (χ1n) is 7.50. The van der Waals surface area contributed by atoms with E-state index >= 15 is 0 Å². The Hall–Kier alpha value is -0.390. The van der Waals surface area contributed by atoms with Gasteiger partial charge in [0.1, 0.15) is 4.99 Å². The highest BCUT2D eigenvalue weighted by Gasteiger charge is 2.21. The van der Waals surface area contributed by atoms with E-state index in [0.717, 1.165) is 22.3 Å². The minimum atomic E-state index is 0.492. The minimum absolute atomic E-state index is 0.492. The lowest BCUT2D eigenvalue weighted by atomic mass is 9.94. The van der Waals surface area contributed by atoms with E-state index in [1.807, 2.05) is 11.8 Å². The number of thiocarbonyl (C=S) groups is 1. The largest absolute Gasteiger partial charge is 0.389 e. The van der Waals surface area contributed by atoms with Crippen molar-refractivity contribution < 1.29 is 0 Å². The Morgan fingerprint density at radius 1 is 1.33 bits per heavy atom. The summed E-state index contributed by atoms with van der Waals surface area (Å²) in [6.45, 7) is 2.15. The minimum Gasteiger partial charge on any atom is -0.389 e. The molecule has 21 heavy (non-hydrogen) atoms. The molecule has 2 rings (SSSR count). The molecule has 0 heterocycles. The van der Waals surface area contributed by atoms with E-state index in [1.165, 1.54) is 30.6 Å². The quantitative estimate of drug-likeness (QED) is 0.588. The summed E-state index contributed by atoms with van der Waals surface area (Å²) in [6, 6.07) is 6.85. The second kappa shape index (κ2) is 8.30. The third-order valence-electron chi connectivity index (χ3n) is 3.94. The Morgan fingerprint density at radius 3 is 2.62 bits per heavy atom. The van der Waals surface area contributed by atoms with Crippen molar-refractivity contribution in [2.75, 3.05) is 17.3 Å². The Kier molecular flexibility index (Phi) is 6.71. The average molecular weight is 341 g/mol. The molecule has 0 amide bonds. The monoisotopic (exact) mass is 340 g/mol. The van der Waals surface area contributed by atoms with Crippen LogP contribution < -0.4 is 11.1 Å². The fourth-order valence-corrected chi connectivity index (χ4v) is 4.72. The van der Waals surface area contributed by atoms with E-state index < -0.39 is 0 Å². The fourth-order valence-electron chi connectivity index (χ4n) is 2.84. The molecule has 1 aliphatic carbocycles. The Morgan fingerprint density at radius 2 is 2.05 bits per heavy atom. The van der Waals surface area contributed by atoms with Crippen molar-refractivity contribution >= 4 is 46.4 Å². The van der Waals surface area contributed by atoms with Gasteiger partial charge in [-0.25, -0.2) is 0 Å². The number of benzene rings is 1. The lowest BCUT2D eigenvalue weighted by Gasteiger charge is -2.29. The molecular formula is C16H24N2S3. The van der Waals surface area contributed by atoms with Gasteiger partial charge in [0.2, 0.25) is 0 Å². The molecule has 1 aliphatic rings. The van der Waals surface area contributed by atoms with Crippen LogP contribution in [0.1, 0.15) is 38.2 Å². The maximum absolute atomic E-state index is 5.97. The van der Waals surface area contributed by atoms with Gasteiger partial charge in [0.25, 0.3) is 0 Å². The maximum atomic E-state index is 5.97. The van der Waals surface area contributed by atoms with E-state index in [2.05, 4.69) is 36.7 Å². The molecule has 0 aliphatic heterocycles. The van der Waals surface area contributed by atoms with Crippen LogP contribution in [0.4, 0.5) is 5.69 Å². The zero-order chi connectivity index (χ0) is 15.2. The van der Waals surface area contributed by atoms with Gasteiger partial charge < -0.3 is 11.1 Å². The number of thioether (sulfide) groups is 2. The first kappa shape index (κ1) is 17.0. The first-order chi connectivity index (χ1) is 10.2. The zero-order valence-electron chi connectivity index (χ0n) is 12.7. The molecule has 116 valence electrons. The summed E-state index contributed by atoms with van der Waals surface area (Å²) in [6.07, 6.45) is 7.27. The van der Waals surface area contributed by atoms with E-state index in [9.17, 15) is 0 Å². The molecule has 3 N–H and O–H groups in total. The standard InChI is InChI=1S/C16H24N2S3/c1-3-21-14-6-4-5-13(15(14)16(17)19)18-11-7-9-12(20-2)10-8-11/h4-6,11-12,18H,3,7-10H2,1-2H3,(H2,17,19).